The summed E-state index contributed by atoms with van der Waals surface area (Å²) in [6, 6.07) is 17.4. The highest BCUT2D eigenvalue weighted by Crippen LogP contribution is 2.34. The Balaban J connectivity index is 1.63. The average Bonchev–Trinajstić information content (AvgIpc) is 3.08. The molecule has 4 rings (SSSR count). The van der Waals surface area contributed by atoms with Crippen LogP contribution in [0.2, 0.25) is 5.02 Å². The van der Waals surface area contributed by atoms with Crippen molar-refractivity contribution in [1.29, 1.82) is 5.26 Å². The van der Waals surface area contributed by atoms with Crippen molar-refractivity contribution in [3.63, 3.8) is 0 Å². The van der Waals surface area contributed by atoms with Crippen LogP contribution in [-0.2, 0) is 7.05 Å². The third-order valence-corrected chi connectivity index (χ3v) is 5.59. The zero-order valence-corrected chi connectivity index (χ0v) is 15.9. The lowest BCUT2D eigenvalue weighted by Crippen LogP contribution is -1.98. The van der Waals surface area contributed by atoms with E-state index in [-0.39, 0.29) is 0 Å². The standard InChI is InChI=1S/C20H14ClN5S/c1-26-9-8-23-20(26)27-18-7-6-15(11-16(18)21)24-19-14(12-22)10-13-4-2-3-5-17(13)25-19/h2-11H,1H3,(H,24,25). The number of pyridine rings is 1. The molecule has 0 radical (unpaired) electrons. The first kappa shape index (κ1) is 17.4. The van der Waals surface area contributed by atoms with Crippen molar-refractivity contribution in [3.05, 3.63) is 71.5 Å². The molecule has 0 fully saturated rings. The number of benzene rings is 2. The SMILES string of the molecule is Cn1ccnc1Sc1ccc(Nc2nc3ccccc3cc2C#N)cc1Cl. The Hall–Kier alpha value is -3.01. The van der Waals surface area contributed by atoms with E-state index in [4.69, 9.17) is 11.6 Å². The van der Waals surface area contributed by atoms with Crippen LogP contribution in [0.15, 0.2) is 71.0 Å². The van der Waals surface area contributed by atoms with Gasteiger partial charge in [0, 0.05) is 35.4 Å². The van der Waals surface area contributed by atoms with Crippen LogP contribution in [0.4, 0.5) is 11.5 Å². The van der Waals surface area contributed by atoms with Gasteiger partial charge in [0.2, 0.25) is 0 Å². The Bertz CT molecular complexity index is 1180. The van der Waals surface area contributed by atoms with E-state index >= 15 is 0 Å². The second-order valence-electron chi connectivity index (χ2n) is 5.88. The number of hydrogen-bond donors (Lipinski definition) is 1. The Labute approximate surface area is 165 Å². The number of nitriles is 1. The molecule has 5 nitrogen and oxygen atoms in total. The number of fused-ring (bicyclic) bond motifs is 1. The van der Waals surface area contributed by atoms with Gasteiger partial charge < -0.3 is 9.88 Å². The molecule has 0 aliphatic heterocycles. The van der Waals surface area contributed by atoms with Gasteiger partial charge in [0.05, 0.1) is 16.1 Å². The minimum absolute atomic E-state index is 0.483. The molecule has 132 valence electrons. The molecular weight excluding hydrogens is 378 g/mol. The van der Waals surface area contributed by atoms with Crippen LogP contribution in [0.25, 0.3) is 10.9 Å². The normalized spacial score (nSPS) is 10.7. The summed E-state index contributed by atoms with van der Waals surface area (Å²) in [5, 5.41) is 15.1. The van der Waals surface area contributed by atoms with Gasteiger partial charge in [0.15, 0.2) is 5.16 Å². The molecule has 0 saturated carbocycles. The zero-order chi connectivity index (χ0) is 18.8. The Morgan fingerprint density at radius 1 is 1.19 bits per heavy atom. The molecule has 0 bridgehead atoms. The fourth-order valence-corrected chi connectivity index (χ4v) is 3.75. The highest BCUT2D eigenvalue weighted by atomic mass is 35.5. The summed E-state index contributed by atoms with van der Waals surface area (Å²) in [7, 11) is 1.94. The third kappa shape index (κ3) is 3.61. The largest absolute Gasteiger partial charge is 0.339 e. The molecule has 7 heteroatoms. The topological polar surface area (TPSA) is 66.5 Å². The first-order chi connectivity index (χ1) is 13.1. The van der Waals surface area contributed by atoms with Crippen LogP contribution in [0, 0.1) is 11.3 Å². The molecule has 0 spiro atoms. The summed E-state index contributed by atoms with van der Waals surface area (Å²) >= 11 is 7.95. The van der Waals surface area contributed by atoms with Crippen molar-refractivity contribution in [2.45, 2.75) is 10.1 Å². The lowest BCUT2D eigenvalue weighted by atomic mass is 10.1. The monoisotopic (exact) mass is 391 g/mol. The van der Waals surface area contributed by atoms with Gasteiger partial charge in [-0.05, 0) is 30.3 Å². The molecule has 2 aromatic carbocycles. The summed E-state index contributed by atoms with van der Waals surface area (Å²) < 4.78 is 1.94. The van der Waals surface area contributed by atoms with Gasteiger partial charge >= 0.3 is 0 Å². The number of imidazole rings is 1. The van der Waals surface area contributed by atoms with Gasteiger partial charge in [-0.3, -0.25) is 0 Å². The number of aromatic nitrogens is 3. The van der Waals surface area contributed by atoms with Crippen molar-refractivity contribution in [2.24, 2.45) is 7.05 Å². The molecule has 0 saturated heterocycles. The second kappa shape index (κ2) is 7.31. The van der Waals surface area contributed by atoms with E-state index < -0.39 is 0 Å². The van der Waals surface area contributed by atoms with Crippen molar-refractivity contribution in [1.82, 2.24) is 14.5 Å². The Morgan fingerprint density at radius 3 is 2.78 bits per heavy atom. The van der Waals surface area contributed by atoms with Gasteiger partial charge in [-0.25, -0.2) is 9.97 Å². The van der Waals surface area contributed by atoms with Gasteiger partial charge in [0.1, 0.15) is 11.9 Å². The molecule has 0 amide bonds. The summed E-state index contributed by atoms with van der Waals surface area (Å²) in [5.41, 5.74) is 2.08. The van der Waals surface area contributed by atoms with E-state index in [0.717, 1.165) is 26.6 Å². The maximum atomic E-state index is 9.46. The second-order valence-corrected chi connectivity index (χ2v) is 7.30. The highest BCUT2D eigenvalue weighted by molar-refractivity contribution is 7.99. The van der Waals surface area contributed by atoms with Crippen LogP contribution in [-0.4, -0.2) is 14.5 Å². The number of hydrogen-bond acceptors (Lipinski definition) is 5. The fourth-order valence-electron chi connectivity index (χ4n) is 2.64. The van der Waals surface area contributed by atoms with Crippen molar-refractivity contribution in [2.75, 3.05) is 5.32 Å². The first-order valence-electron chi connectivity index (χ1n) is 8.15. The van der Waals surface area contributed by atoms with Crippen molar-refractivity contribution < 1.29 is 0 Å². The molecule has 0 unspecified atom stereocenters. The van der Waals surface area contributed by atoms with Crippen LogP contribution in [0.3, 0.4) is 0 Å². The summed E-state index contributed by atoms with van der Waals surface area (Å²) in [6.07, 6.45) is 3.64. The number of aryl methyl sites for hydroxylation is 1. The fraction of sp³-hybridized carbons (Fsp3) is 0.0500. The highest BCUT2D eigenvalue weighted by Gasteiger charge is 2.10. The predicted octanol–water partition coefficient (Wildman–Crippen LogP) is 5.39. The molecule has 0 atom stereocenters. The minimum atomic E-state index is 0.483. The quantitative estimate of drug-likeness (QED) is 0.505. The molecular formula is C20H14ClN5S. The number of nitrogens with zero attached hydrogens (tertiary/aromatic N) is 4. The number of nitrogens with one attached hydrogen (secondary N) is 1. The summed E-state index contributed by atoms with van der Waals surface area (Å²) in [4.78, 5) is 9.78. The van der Waals surface area contributed by atoms with E-state index in [9.17, 15) is 5.26 Å². The summed E-state index contributed by atoms with van der Waals surface area (Å²) in [6.45, 7) is 0. The molecule has 1 N–H and O–H groups in total. The smallest absolute Gasteiger partial charge is 0.172 e. The van der Waals surface area contributed by atoms with E-state index in [2.05, 4.69) is 21.4 Å². The number of rotatable bonds is 4. The van der Waals surface area contributed by atoms with Crippen LogP contribution >= 0.6 is 23.4 Å². The number of halogens is 1. The lowest BCUT2D eigenvalue weighted by molar-refractivity contribution is 0.790. The van der Waals surface area contributed by atoms with Crippen LogP contribution < -0.4 is 5.32 Å². The summed E-state index contributed by atoms with van der Waals surface area (Å²) in [5.74, 6) is 0.511. The van der Waals surface area contributed by atoms with Crippen LogP contribution in [0.1, 0.15) is 5.56 Å². The first-order valence-corrected chi connectivity index (χ1v) is 9.35. The molecule has 0 aliphatic rings. The molecule has 4 aromatic rings. The predicted molar refractivity (Wildman–Crippen MR) is 109 cm³/mol. The minimum Gasteiger partial charge on any atom is -0.339 e. The maximum Gasteiger partial charge on any atom is 0.172 e. The average molecular weight is 392 g/mol. The maximum absolute atomic E-state index is 9.46. The van der Waals surface area contributed by atoms with Gasteiger partial charge in [-0.1, -0.05) is 41.6 Å². The van der Waals surface area contributed by atoms with Gasteiger partial charge in [0.25, 0.3) is 0 Å². The van der Waals surface area contributed by atoms with Gasteiger partial charge in [-0.2, -0.15) is 5.26 Å². The van der Waals surface area contributed by atoms with E-state index in [1.165, 1.54) is 11.8 Å². The number of anilines is 2. The lowest BCUT2D eigenvalue weighted by Gasteiger charge is -2.11. The third-order valence-electron chi connectivity index (χ3n) is 4.02. The Kier molecular flexibility index (Phi) is 4.71. The van der Waals surface area contributed by atoms with Crippen molar-refractivity contribution >= 4 is 45.8 Å². The van der Waals surface area contributed by atoms with Gasteiger partial charge in [-0.15, -0.1) is 0 Å². The zero-order valence-electron chi connectivity index (χ0n) is 14.3. The van der Waals surface area contributed by atoms with Crippen LogP contribution in [0.5, 0.6) is 0 Å². The van der Waals surface area contributed by atoms with E-state index in [1.807, 2.05) is 66.3 Å². The number of para-hydroxylation sites is 1. The molecule has 2 heterocycles. The molecule has 27 heavy (non-hydrogen) atoms. The Morgan fingerprint density at radius 2 is 2.04 bits per heavy atom. The molecule has 2 aromatic heterocycles. The van der Waals surface area contributed by atoms with E-state index in [1.54, 1.807) is 6.20 Å². The van der Waals surface area contributed by atoms with Crippen molar-refractivity contribution in [3.8, 4) is 6.07 Å². The molecule has 0 aliphatic carbocycles. The van der Waals surface area contributed by atoms with E-state index in [0.29, 0.717) is 16.4 Å².